The van der Waals surface area contributed by atoms with Crippen molar-refractivity contribution in [2.75, 3.05) is 13.2 Å². The zero-order valence-electron chi connectivity index (χ0n) is 25.1. The summed E-state index contributed by atoms with van der Waals surface area (Å²) in [5.74, 6) is 4.07. The van der Waals surface area contributed by atoms with Crippen LogP contribution in [0, 0.1) is 6.92 Å². The van der Waals surface area contributed by atoms with E-state index in [-0.39, 0.29) is 0 Å². The number of aryl methyl sites for hydroxylation is 2. The van der Waals surface area contributed by atoms with E-state index in [1.54, 1.807) is 6.20 Å². The Kier molecular flexibility index (Phi) is 10.3. The molecule has 0 saturated carbocycles. The van der Waals surface area contributed by atoms with E-state index in [1.807, 2.05) is 72.8 Å². The molecule has 0 spiro atoms. The van der Waals surface area contributed by atoms with Gasteiger partial charge >= 0.3 is 0 Å². The first-order valence-corrected chi connectivity index (χ1v) is 15.0. The maximum Gasteiger partial charge on any atom is 0.134 e. The van der Waals surface area contributed by atoms with E-state index >= 15 is 0 Å². The van der Waals surface area contributed by atoms with Gasteiger partial charge in [0.25, 0.3) is 0 Å². The van der Waals surface area contributed by atoms with Gasteiger partial charge in [-0.25, -0.2) is 0 Å². The predicted molar refractivity (Wildman–Crippen MR) is 169 cm³/mol. The number of para-hydroxylation sites is 1. The Labute approximate surface area is 253 Å². The Hall–Kier alpha value is -4.78. The van der Waals surface area contributed by atoms with Crippen molar-refractivity contribution in [3.8, 4) is 40.0 Å². The van der Waals surface area contributed by atoms with Crippen LogP contribution in [0.25, 0.3) is 11.3 Å². The lowest BCUT2D eigenvalue weighted by atomic mass is 10.0. The molecule has 5 rings (SSSR count). The van der Waals surface area contributed by atoms with Crippen molar-refractivity contribution in [2.24, 2.45) is 0 Å². The monoisotopic (exact) mass is 577 g/mol. The van der Waals surface area contributed by atoms with Crippen molar-refractivity contribution < 1.29 is 18.9 Å². The molecule has 43 heavy (non-hydrogen) atoms. The van der Waals surface area contributed by atoms with Crippen LogP contribution in [0.15, 0.2) is 91.1 Å². The fraction of sp³-hybridized carbons (Fsp3) is 0.278. The second-order valence-electron chi connectivity index (χ2n) is 10.3. The van der Waals surface area contributed by atoms with E-state index in [4.69, 9.17) is 18.9 Å². The number of hydrogen-bond acceptors (Lipinski definition) is 6. The van der Waals surface area contributed by atoms with Crippen molar-refractivity contribution in [3.63, 3.8) is 0 Å². The summed E-state index contributed by atoms with van der Waals surface area (Å²) in [6.45, 7) is 7.82. The largest absolute Gasteiger partial charge is 0.493 e. The van der Waals surface area contributed by atoms with Crippen molar-refractivity contribution in [2.45, 2.75) is 53.1 Å². The molecule has 7 nitrogen and oxygen atoms in total. The Morgan fingerprint density at radius 1 is 0.721 bits per heavy atom. The van der Waals surface area contributed by atoms with Gasteiger partial charge in [0.15, 0.2) is 0 Å². The minimum atomic E-state index is 0.442. The smallest absolute Gasteiger partial charge is 0.134 e. The highest BCUT2D eigenvalue weighted by Crippen LogP contribution is 2.37. The van der Waals surface area contributed by atoms with Gasteiger partial charge in [-0.05, 0) is 60.7 Å². The molecule has 7 heteroatoms. The maximum absolute atomic E-state index is 6.31. The predicted octanol–water partition coefficient (Wildman–Crippen LogP) is 8.51. The topological polar surface area (TPSA) is 78.5 Å². The Bertz CT molecular complexity index is 1590. The molecule has 1 heterocycles. The lowest BCUT2D eigenvalue weighted by Gasteiger charge is -2.18. The molecule has 1 aromatic heterocycles. The molecule has 0 aliphatic carbocycles. The van der Waals surface area contributed by atoms with Crippen LogP contribution in [0.3, 0.4) is 0 Å². The number of nitrogens with one attached hydrogen (secondary N) is 1. The van der Waals surface area contributed by atoms with Crippen LogP contribution in [0.2, 0.25) is 0 Å². The van der Waals surface area contributed by atoms with Gasteiger partial charge in [-0.15, -0.1) is 0 Å². The number of rotatable bonds is 15. The number of aromatic amines is 1. The fourth-order valence-electron chi connectivity index (χ4n) is 4.89. The van der Waals surface area contributed by atoms with Crippen LogP contribution in [-0.4, -0.2) is 28.6 Å². The summed E-state index contributed by atoms with van der Waals surface area (Å²) in [5.41, 5.74) is 5.97. The average Bonchev–Trinajstić information content (AvgIpc) is 3.58. The highest BCUT2D eigenvalue weighted by molar-refractivity contribution is 5.69. The Morgan fingerprint density at radius 2 is 1.47 bits per heavy atom. The van der Waals surface area contributed by atoms with Crippen LogP contribution in [0.4, 0.5) is 0 Å². The maximum atomic E-state index is 6.31. The van der Waals surface area contributed by atoms with Crippen molar-refractivity contribution >= 4 is 0 Å². The van der Waals surface area contributed by atoms with E-state index in [0.29, 0.717) is 25.6 Å². The molecule has 0 atom stereocenters. The first kappa shape index (κ1) is 29.7. The van der Waals surface area contributed by atoms with Gasteiger partial charge in [0.05, 0.1) is 19.4 Å². The molecule has 222 valence electrons. The summed E-state index contributed by atoms with van der Waals surface area (Å²) < 4.78 is 25.1. The molecule has 0 saturated heterocycles. The summed E-state index contributed by atoms with van der Waals surface area (Å²) in [4.78, 5) is 0. The first-order valence-electron chi connectivity index (χ1n) is 15.0. The zero-order valence-corrected chi connectivity index (χ0v) is 25.1. The summed E-state index contributed by atoms with van der Waals surface area (Å²) in [7, 11) is 0. The summed E-state index contributed by atoms with van der Waals surface area (Å²) >= 11 is 0. The standard InChI is InChI=1S/C36H39N3O4/c1-4-13-29-33(18-11-19-34(29)43-32-17-10-9-14-26(32)3)40-20-12-21-41-35-23-36(42-25-27-15-7-6-8-16-27)30(22-28(35)5-2)31-24-37-39-38-31/h6-11,14-19,22-24H,4-5,12-13,20-21,25H2,1-3H3,(H,37,38,39). The highest BCUT2D eigenvalue weighted by Gasteiger charge is 2.16. The van der Waals surface area contributed by atoms with Crippen molar-refractivity contribution in [1.29, 1.82) is 0 Å². The SMILES string of the molecule is CCCc1c(OCCCOc2cc(OCc3ccccc3)c(-c3cn[nH]n3)cc2CC)cccc1Oc1ccccc1C. The zero-order chi connectivity index (χ0) is 29.9. The molecule has 0 bridgehead atoms. The van der Waals surface area contributed by atoms with Crippen molar-refractivity contribution in [3.05, 3.63) is 113 Å². The fourth-order valence-corrected chi connectivity index (χ4v) is 4.89. The lowest BCUT2D eigenvalue weighted by molar-refractivity contribution is 0.243. The number of benzene rings is 4. The Balaban J connectivity index is 1.24. The lowest BCUT2D eigenvalue weighted by Crippen LogP contribution is -2.08. The normalized spacial score (nSPS) is 10.9. The number of aromatic nitrogens is 3. The molecular formula is C36H39N3O4. The Morgan fingerprint density at radius 3 is 2.21 bits per heavy atom. The van der Waals surface area contributed by atoms with E-state index in [9.17, 15) is 0 Å². The number of nitrogens with zero attached hydrogens (tertiary/aromatic N) is 2. The van der Waals surface area contributed by atoms with Crippen LogP contribution in [0.5, 0.6) is 28.7 Å². The highest BCUT2D eigenvalue weighted by atomic mass is 16.5. The second-order valence-corrected chi connectivity index (χ2v) is 10.3. The van der Waals surface area contributed by atoms with Crippen LogP contribution in [-0.2, 0) is 19.4 Å². The quantitative estimate of drug-likeness (QED) is 0.126. The van der Waals surface area contributed by atoms with E-state index < -0.39 is 0 Å². The molecule has 0 aliphatic rings. The average molecular weight is 578 g/mol. The van der Waals surface area contributed by atoms with E-state index in [0.717, 1.165) is 82.2 Å². The minimum Gasteiger partial charge on any atom is -0.493 e. The van der Waals surface area contributed by atoms with Gasteiger partial charge in [0.2, 0.25) is 0 Å². The molecule has 1 N–H and O–H groups in total. The van der Waals surface area contributed by atoms with Gasteiger partial charge in [-0.2, -0.15) is 15.4 Å². The summed E-state index contributed by atoms with van der Waals surface area (Å²) in [6.07, 6.45) is 5.10. The number of ether oxygens (including phenoxy) is 4. The third-order valence-electron chi connectivity index (χ3n) is 7.18. The third kappa shape index (κ3) is 7.74. The molecule has 0 radical (unpaired) electrons. The van der Waals surface area contributed by atoms with Crippen LogP contribution >= 0.6 is 0 Å². The van der Waals surface area contributed by atoms with Gasteiger partial charge < -0.3 is 18.9 Å². The van der Waals surface area contributed by atoms with Gasteiger partial charge in [0, 0.05) is 23.6 Å². The molecule has 0 amide bonds. The number of H-pyrrole nitrogens is 1. The number of hydrogen-bond donors (Lipinski definition) is 1. The minimum absolute atomic E-state index is 0.442. The van der Waals surface area contributed by atoms with Crippen LogP contribution in [0.1, 0.15) is 48.9 Å². The second kappa shape index (κ2) is 14.9. The van der Waals surface area contributed by atoms with E-state index in [2.05, 4.69) is 48.3 Å². The van der Waals surface area contributed by atoms with E-state index in [1.165, 1.54) is 0 Å². The summed E-state index contributed by atoms with van der Waals surface area (Å²) in [6, 6.07) is 28.2. The van der Waals surface area contributed by atoms with Gasteiger partial charge in [-0.3, -0.25) is 0 Å². The molecule has 0 aliphatic heterocycles. The molecule has 4 aromatic carbocycles. The van der Waals surface area contributed by atoms with Crippen molar-refractivity contribution in [1.82, 2.24) is 15.4 Å². The van der Waals surface area contributed by atoms with Gasteiger partial charge in [0.1, 0.15) is 41.0 Å². The molecule has 0 unspecified atom stereocenters. The van der Waals surface area contributed by atoms with Gasteiger partial charge in [-0.1, -0.05) is 74.9 Å². The van der Waals surface area contributed by atoms with Crippen LogP contribution < -0.4 is 18.9 Å². The molecule has 0 fully saturated rings. The molecular weight excluding hydrogens is 538 g/mol. The third-order valence-corrected chi connectivity index (χ3v) is 7.18. The summed E-state index contributed by atoms with van der Waals surface area (Å²) in [5, 5.41) is 11.0. The first-order chi connectivity index (χ1) is 21.2. The molecule has 5 aromatic rings.